The lowest BCUT2D eigenvalue weighted by Gasteiger charge is -1.93. The molecule has 1 rings (SSSR count). The van der Waals surface area contributed by atoms with Crippen molar-refractivity contribution < 1.29 is 0 Å². The van der Waals surface area contributed by atoms with Crippen molar-refractivity contribution in [3.63, 3.8) is 0 Å². The number of nitrogens with zero attached hydrogens (tertiary/aromatic N) is 2. The molecule has 52 valence electrons. The maximum atomic E-state index is 6.94. The Morgan fingerprint density at radius 3 is 2.40 bits per heavy atom. The van der Waals surface area contributed by atoms with Gasteiger partial charge in [-0.3, -0.25) is 5.41 Å². The number of halogens is 1. The molecule has 0 fully saturated rings. The summed E-state index contributed by atoms with van der Waals surface area (Å²) in [6.45, 7) is 0. The summed E-state index contributed by atoms with van der Waals surface area (Å²) >= 11 is 3.16. The zero-order valence-corrected chi connectivity index (χ0v) is 6.59. The first-order valence-corrected chi connectivity index (χ1v) is 3.31. The second-order valence-corrected chi connectivity index (χ2v) is 2.55. The number of hydrogen-bond acceptors (Lipinski definition) is 3. The third-order valence-corrected chi connectivity index (χ3v) is 1.27. The summed E-state index contributed by atoms with van der Waals surface area (Å²) in [5, 5.41) is 6.94. The molecule has 0 spiro atoms. The lowest BCUT2D eigenvalue weighted by atomic mass is 10.5. The molecule has 0 aliphatic heterocycles. The predicted molar refractivity (Wildman–Crippen MR) is 40.7 cm³/mol. The van der Waals surface area contributed by atoms with Gasteiger partial charge in [-0.15, -0.1) is 0 Å². The lowest BCUT2D eigenvalue weighted by molar-refractivity contribution is 1.10. The maximum absolute atomic E-state index is 6.94. The first-order chi connectivity index (χ1) is 4.70. The summed E-state index contributed by atoms with van der Waals surface area (Å²) in [6, 6.07) is 0. The Bertz CT molecular complexity index is 242. The Labute approximate surface area is 66.1 Å². The van der Waals surface area contributed by atoms with Crippen molar-refractivity contribution in [1.82, 2.24) is 9.97 Å². The zero-order valence-electron chi connectivity index (χ0n) is 5.00. The minimum atomic E-state index is -0.118. The maximum Gasteiger partial charge on any atom is 0.194 e. The number of hydrogen-bond donors (Lipinski definition) is 2. The minimum absolute atomic E-state index is 0.118. The van der Waals surface area contributed by atoms with E-state index in [1.807, 2.05) is 0 Å². The summed E-state index contributed by atoms with van der Waals surface area (Å²) in [7, 11) is 0. The molecule has 10 heavy (non-hydrogen) atoms. The highest BCUT2D eigenvalue weighted by Crippen LogP contribution is 2.03. The van der Waals surface area contributed by atoms with Crippen LogP contribution in [0.2, 0.25) is 0 Å². The van der Waals surface area contributed by atoms with Crippen LogP contribution in [0.1, 0.15) is 5.82 Å². The van der Waals surface area contributed by atoms with Gasteiger partial charge in [0.1, 0.15) is 0 Å². The Kier molecular flexibility index (Phi) is 1.96. The van der Waals surface area contributed by atoms with Crippen LogP contribution in [0.4, 0.5) is 0 Å². The molecule has 0 aliphatic carbocycles. The quantitative estimate of drug-likeness (QED) is 0.513. The van der Waals surface area contributed by atoms with Crippen molar-refractivity contribution >= 4 is 21.8 Å². The smallest absolute Gasteiger partial charge is 0.194 e. The van der Waals surface area contributed by atoms with E-state index in [2.05, 4.69) is 25.9 Å². The number of aromatic nitrogens is 2. The highest BCUT2D eigenvalue weighted by Gasteiger charge is 1.96. The van der Waals surface area contributed by atoms with E-state index >= 15 is 0 Å². The van der Waals surface area contributed by atoms with Gasteiger partial charge in [0.25, 0.3) is 0 Å². The number of amidine groups is 1. The Morgan fingerprint density at radius 2 is 2.00 bits per heavy atom. The molecular formula is C5H5BrN4. The van der Waals surface area contributed by atoms with Crippen LogP contribution < -0.4 is 5.73 Å². The van der Waals surface area contributed by atoms with Gasteiger partial charge >= 0.3 is 0 Å². The molecule has 3 N–H and O–H groups in total. The molecule has 0 unspecified atom stereocenters. The van der Waals surface area contributed by atoms with Gasteiger partial charge in [0.15, 0.2) is 11.7 Å². The highest BCUT2D eigenvalue weighted by atomic mass is 79.9. The van der Waals surface area contributed by atoms with Gasteiger partial charge in [0.05, 0.1) is 4.47 Å². The second-order valence-electron chi connectivity index (χ2n) is 1.64. The molecular weight excluding hydrogens is 196 g/mol. The minimum Gasteiger partial charge on any atom is -0.381 e. The van der Waals surface area contributed by atoms with E-state index in [-0.39, 0.29) is 11.7 Å². The van der Waals surface area contributed by atoms with Gasteiger partial charge < -0.3 is 5.73 Å². The molecule has 0 aliphatic rings. The van der Waals surface area contributed by atoms with Crippen LogP contribution in [0.15, 0.2) is 16.9 Å². The Balaban J connectivity index is 3.00. The Morgan fingerprint density at radius 1 is 1.50 bits per heavy atom. The number of nitrogens with two attached hydrogens (primary N) is 1. The van der Waals surface area contributed by atoms with E-state index in [4.69, 9.17) is 11.1 Å². The van der Waals surface area contributed by atoms with Crippen molar-refractivity contribution in [3.05, 3.63) is 22.7 Å². The van der Waals surface area contributed by atoms with E-state index in [9.17, 15) is 0 Å². The van der Waals surface area contributed by atoms with Crippen molar-refractivity contribution in [1.29, 1.82) is 5.41 Å². The van der Waals surface area contributed by atoms with Gasteiger partial charge in [-0.05, 0) is 15.9 Å². The van der Waals surface area contributed by atoms with Crippen LogP contribution >= 0.6 is 15.9 Å². The molecule has 0 saturated carbocycles. The molecule has 5 heteroatoms. The molecule has 0 aromatic carbocycles. The summed E-state index contributed by atoms with van der Waals surface area (Å²) in [5.74, 6) is 0.135. The number of nitrogen functional groups attached to an aromatic ring is 1. The van der Waals surface area contributed by atoms with Crippen LogP contribution in [0, 0.1) is 5.41 Å². The van der Waals surface area contributed by atoms with Gasteiger partial charge in [-0.25, -0.2) is 9.97 Å². The fourth-order valence-electron chi connectivity index (χ4n) is 0.451. The normalized spacial score (nSPS) is 9.30. The van der Waals surface area contributed by atoms with E-state index in [0.29, 0.717) is 0 Å². The molecule has 0 atom stereocenters. The Hall–Kier alpha value is -0.970. The highest BCUT2D eigenvalue weighted by molar-refractivity contribution is 9.10. The van der Waals surface area contributed by atoms with Gasteiger partial charge in [-0.1, -0.05) is 0 Å². The van der Waals surface area contributed by atoms with Gasteiger partial charge in [0.2, 0.25) is 0 Å². The third-order valence-electron chi connectivity index (χ3n) is 0.861. The summed E-state index contributed by atoms with van der Waals surface area (Å²) in [5.41, 5.74) is 5.11. The second kappa shape index (κ2) is 2.74. The van der Waals surface area contributed by atoms with E-state index in [0.717, 1.165) is 4.47 Å². The fourth-order valence-corrected chi connectivity index (χ4v) is 0.656. The summed E-state index contributed by atoms with van der Waals surface area (Å²) in [4.78, 5) is 7.54. The molecule has 0 saturated heterocycles. The molecule has 0 bridgehead atoms. The molecule has 1 aromatic rings. The predicted octanol–water partition coefficient (Wildman–Crippen LogP) is 0.523. The van der Waals surface area contributed by atoms with Crippen LogP contribution in [-0.2, 0) is 0 Å². The van der Waals surface area contributed by atoms with Crippen molar-refractivity contribution in [2.45, 2.75) is 0 Å². The monoisotopic (exact) mass is 200 g/mol. The third kappa shape index (κ3) is 1.51. The first-order valence-electron chi connectivity index (χ1n) is 2.52. The molecule has 4 nitrogen and oxygen atoms in total. The van der Waals surface area contributed by atoms with Crippen LogP contribution in [0.3, 0.4) is 0 Å². The standard InChI is InChI=1S/C5H5BrN4/c6-3-1-9-5(4(7)8)10-2-3/h1-2H,(H3,7,8). The largest absolute Gasteiger partial charge is 0.381 e. The van der Waals surface area contributed by atoms with E-state index in [1.165, 1.54) is 0 Å². The zero-order chi connectivity index (χ0) is 7.56. The number of rotatable bonds is 1. The molecule has 0 radical (unpaired) electrons. The molecule has 1 heterocycles. The van der Waals surface area contributed by atoms with Crippen molar-refractivity contribution in [2.75, 3.05) is 0 Å². The van der Waals surface area contributed by atoms with Crippen LogP contribution in [0.25, 0.3) is 0 Å². The first kappa shape index (κ1) is 7.14. The van der Waals surface area contributed by atoms with E-state index in [1.54, 1.807) is 12.4 Å². The SMILES string of the molecule is N=C(N)c1ncc(Br)cn1. The van der Waals surface area contributed by atoms with Gasteiger partial charge in [-0.2, -0.15) is 0 Å². The fraction of sp³-hybridized carbons (Fsp3) is 0. The summed E-state index contributed by atoms with van der Waals surface area (Å²) < 4.78 is 0.775. The molecule has 0 amide bonds. The average molecular weight is 201 g/mol. The molecule has 1 aromatic heterocycles. The van der Waals surface area contributed by atoms with Gasteiger partial charge in [0, 0.05) is 12.4 Å². The summed E-state index contributed by atoms with van der Waals surface area (Å²) in [6.07, 6.45) is 3.09. The average Bonchev–Trinajstić information content (AvgIpc) is 1.88. The lowest BCUT2D eigenvalue weighted by Crippen LogP contribution is -2.14. The van der Waals surface area contributed by atoms with Crippen molar-refractivity contribution in [3.8, 4) is 0 Å². The van der Waals surface area contributed by atoms with Crippen LogP contribution in [0.5, 0.6) is 0 Å². The van der Waals surface area contributed by atoms with Crippen LogP contribution in [-0.4, -0.2) is 15.8 Å². The van der Waals surface area contributed by atoms with E-state index < -0.39 is 0 Å². The number of nitrogens with one attached hydrogen (secondary N) is 1. The topological polar surface area (TPSA) is 75.7 Å². The van der Waals surface area contributed by atoms with Crippen molar-refractivity contribution in [2.24, 2.45) is 5.73 Å².